The third kappa shape index (κ3) is 4.42. The molecule has 1 fully saturated rings. The van der Waals surface area contributed by atoms with E-state index in [0.717, 1.165) is 32.1 Å². The molecule has 1 saturated carbocycles. The van der Waals surface area contributed by atoms with E-state index in [4.69, 9.17) is 0 Å². The summed E-state index contributed by atoms with van der Waals surface area (Å²) in [5, 5.41) is 5.58. The Balaban J connectivity index is 1.34. The van der Waals surface area contributed by atoms with E-state index >= 15 is 0 Å². The maximum absolute atomic E-state index is 13.1. The van der Waals surface area contributed by atoms with E-state index < -0.39 is 5.91 Å². The van der Waals surface area contributed by atoms with Crippen molar-refractivity contribution in [2.75, 3.05) is 10.6 Å². The number of aromatic nitrogens is 1. The molecule has 2 aromatic carbocycles. The lowest BCUT2D eigenvalue weighted by atomic mass is 9.94. The number of carbonyl (C=O) groups excluding carboxylic acids is 4. The van der Waals surface area contributed by atoms with Gasteiger partial charge < -0.3 is 10.6 Å². The standard InChI is InChI=1S/C27H24N4O4/c32-24(29-22-10-4-5-11-23(22)30-25(33)18-7-6-14-28-16-18)17-12-13-20-21(15-17)27(35)31(26(20)34)19-8-2-1-3-9-19/h4-7,10-16,19H,1-3,8-9H2,(H,29,32)(H,30,33). The summed E-state index contributed by atoms with van der Waals surface area (Å²) in [7, 11) is 0. The van der Waals surface area contributed by atoms with Crippen LogP contribution in [-0.4, -0.2) is 39.6 Å². The van der Waals surface area contributed by atoms with E-state index in [9.17, 15) is 19.2 Å². The Morgan fingerprint density at radius 2 is 1.43 bits per heavy atom. The molecule has 1 aromatic heterocycles. The molecule has 176 valence electrons. The van der Waals surface area contributed by atoms with Crippen molar-refractivity contribution in [2.24, 2.45) is 0 Å². The fourth-order valence-electron chi connectivity index (χ4n) is 4.66. The van der Waals surface area contributed by atoms with Gasteiger partial charge >= 0.3 is 0 Å². The molecule has 0 bridgehead atoms. The van der Waals surface area contributed by atoms with Crippen LogP contribution in [0.25, 0.3) is 0 Å². The molecule has 5 rings (SSSR count). The van der Waals surface area contributed by atoms with Gasteiger partial charge in [-0.25, -0.2) is 0 Å². The Bertz CT molecular complexity index is 1320. The fourth-order valence-corrected chi connectivity index (χ4v) is 4.66. The van der Waals surface area contributed by atoms with Crippen molar-refractivity contribution in [3.05, 3.63) is 89.2 Å². The number of nitrogens with zero attached hydrogens (tertiary/aromatic N) is 2. The number of hydrogen-bond donors (Lipinski definition) is 2. The van der Waals surface area contributed by atoms with Crippen LogP contribution in [0.4, 0.5) is 11.4 Å². The molecule has 1 aliphatic heterocycles. The van der Waals surface area contributed by atoms with Crippen molar-refractivity contribution in [3.63, 3.8) is 0 Å². The lowest BCUT2D eigenvalue weighted by molar-refractivity contribution is 0.0548. The van der Waals surface area contributed by atoms with Crippen LogP contribution in [0.3, 0.4) is 0 Å². The Kier molecular flexibility index (Phi) is 6.10. The summed E-state index contributed by atoms with van der Waals surface area (Å²) in [6.45, 7) is 0. The van der Waals surface area contributed by atoms with Gasteiger partial charge in [0.15, 0.2) is 0 Å². The molecule has 0 unspecified atom stereocenters. The minimum Gasteiger partial charge on any atom is -0.320 e. The summed E-state index contributed by atoms with van der Waals surface area (Å²) >= 11 is 0. The van der Waals surface area contributed by atoms with Crippen LogP contribution in [0, 0.1) is 0 Å². The molecule has 1 aliphatic carbocycles. The molecule has 2 heterocycles. The van der Waals surface area contributed by atoms with E-state index in [2.05, 4.69) is 15.6 Å². The molecule has 0 atom stereocenters. The van der Waals surface area contributed by atoms with E-state index in [1.807, 2.05) is 0 Å². The molecule has 8 nitrogen and oxygen atoms in total. The van der Waals surface area contributed by atoms with Crippen molar-refractivity contribution in [1.82, 2.24) is 9.88 Å². The normalized spacial score (nSPS) is 15.6. The first kappa shape index (κ1) is 22.5. The number of hydrogen-bond acceptors (Lipinski definition) is 5. The van der Waals surface area contributed by atoms with Gasteiger partial charge in [0.25, 0.3) is 23.6 Å². The van der Waals surface area contributed by atoms with Crippen LogP contribution in [-0.2, 0) is 0 Å². The maximum Gasteiger partial charge on any atom is 0.261 e. The third-order valence-corrected chi connectivity index (χ3v) is 6.47. The Morgan fingerprint density at radius 1 is 0.771 bits per heavy atom. The minimum absolute atomic E-state index is 0.0799. The second-order valence-corrected chi connectivity index (χ2v) is 8.73. The first-order chi connectivity index (χ1) is 17.0. The van der Waals surface area contributed by atoms with Crippen molar-refractivity contribution < 1.29 is 19.2 Å². The van der Waals surface area contributed by atoms with Crippen LogP contribution in [0.5, 0.6) is 0 Å². The first-order valence-corrected chi connectivity index (χ1v) is 11.7. The lowest BCUT2D eigenvalue weighted by Gasteiger charge is -2.29. The molecule has 4 amide bonds. The fraction of sp³-hybridized carbons (Fsp3) is 0.222. The van der Waals surface area contributed by atoms with Crippen molar-refractivity contribution in [2.45, 2.75) is 38.1 Å². The zero-order chi connectivity index (χ0) is 24.4. The number of carbonyl (C=O) groups is 4. The highest BCUT2D eigenvalue weighted by Gasteiger charge is 2.40. The predicted octanol–water partition coefficient (Wildman–Crippen LogP) is 4.51. The Labute approximate surface area is 202 Å². The number of rotatable bonds is 5. The quantitative estimate of drug-likeness (QED) is 0.536. The lowest BCUT2D eigenvalue weighted by Crippen LogP contribution is -2.40. The number of amides is 4. The van der Waals surface area contributed by atoms with Gasteiger partial charge in [0.2, 0.25) is 0 Å². The van der Waals surface area contributed by atoms with Crippen LogP contribution in [0.2, 0.25) is 0 Å². The smallest absolute Gasteiger partial charge is 0.261 e. The summed E-state index contributed by atoms with van der Waals surface area (Å²) in [5.74, 6) is -1.43. The summed E-state index contributed by atoms with van der Waals surface area (Å²) in [6, 6.07) is 14.6. The molecule has 0 spiro atoms. The summed E-state index contributed by atoms with van der Waals surface area (Å²) in [4.78, 5) is 56.9. The van der Waals surface area contributed by atoms with Gasteiger partial charge in [-0.1, -0.05) is 31.4 Å². The molecule has 2 N–H and O–H groups in total. The average Bonchev–Trinajstić information content (AvgIpc) is 3.15. The summed E-state index contributed by atoms with van der Waals surface area (Å²) < 4.78 is 0. The minimum atomic E-state index is -0.452. The molecular formula is C27H24N4O4. The molecule has 0 saturated heterocycles. The zero-order valence-electron chi connectivity index (χ0n) is 19.0. The molecule has 2 aliphatic rings. The van der Waals surface area contributed by atoms with Crippen LogP contribution >= 0.6 is 0 Å². The van der Waals surface area contributed by atoms with Crippen molar-refractivity contribution >= 4 is 35.0 Å². The van der Waals surface area contributed by atoms with Gasteiger partial charge in [-0.3, -0.25) is 29.1 Å². The SMILES string of the molecule is O=C(Nc1ccccc1NC(=O)c1ccc2c(c1)C(=O)N(C1CCCCC1)C2=O)c1cccnc1. The van der Waals surface area contributed by atoms with Gasteiger partial charge in [0.1, 0.15) is 0 Å². The molecule has 8 heteroatoms. The number of imide groups is 1. The Hall–Kier alpha value is -4.33. The van der Waals surface area contributed by atoms with Crippen molar-refractivity contribution in [3.8, 4) is 0 Å². The van der Waals surface area contributed by atoms with E-state index in [1.165, 1.54) is 17.2 Å². The number of benzene rings is 2. The average molecular weight is 469 g/mol. The molecular weight excluding hydrogens is 444 g/mol. The second-order valence-electron chi connectivity index (χ2n) is 8.73. The van der Waals surface area contributed by atoms with E-state index in [-0.39, 0.29) is 34.9 Å². The Morgan fingerprint density at radius 3 is 2.09 bits per heavy atom. The largest absolute Gasteiger partial charge is 0.320 e. The van der Waals surface area contributed by atoms with Gasteiger partial charge in [-0.05, 0) is 55.3 Å². The van der Waals surface area contributed by atoms with Gasteiger partial charge in [-0.2, -0.15) is 0 Å². The first-order valence-electron chi connectivity index (χ1n) is 11.7. The van der Waals surface area contributed by atoms with Gasteiger partial charge in [0, 0.05) is 24.0 Å². The topological polar surface area (TPSA) is 108 Å². The number of nitrogens with one attached hydrogen (secondary N) is 2. The van der Waals surface area contributed by atoms with Crippen LogP contribution < -0.4 is 10.6 Å². The highest BCUT2D eigenvalue weighted by atomic mass is 16.2. The van der Waals surface area contributed by atoms with Crippen LogP contribution in [0.1, 0.15) is 73.5 Å². The monoisotopic (exact) mass is 468 g/mol. The van der Waals surface area contributed by atoms with Gasteiger partial charge in [-0.15, -0.1) is 0 Å². The predicted molar refractivity (Wildman–Crippen MR) is 130 cm³/mol. The highest BCUT2D eigenvalue weighted by molar-refractivity contribution is 6.22. The number of fused-ring (bicyclic) bond motifs is 1. The second kappa shape index (κ2) is 9.50. The molecule has 35 heavy (non-hydrogen) atoms. The van der Waals surface area contributed by atoms with E-state index in [0.29, 0.717) is 22.5 Å². The highest BCUT2D eigenvalue weighted by Crippen LogP contribution is 2.32. The number of para-hydroxylation sites is 2. The maximum atomic E-state index is 13.1. The number of anilines is 2. The van der Waals surface area contributed by atoms with Crippen LogP contribution in [0.15, 0.2) is 67.0 Å². The summed E-state index contributed by atoms with van der Waals surface area (Å²) in [6.07, 6.45) is 7.80. The number of pyridine rings is 1. The molecule has 0 radical (unpaired) electrons. The zero-order valence-corrected chi connectivity index (χ0v) is 19.0. The van der Waals surface area contributed by atoms with Crippen molar-refractivity contribution in [1.29, 1.82) is 0 Å². The van der Waals surface area contributed by atoms with E-state index in [1.54, 1.807) is 54.7 Å². The summed E-state index contributed by atoms with van der Waals surface area (Å²) in [5.41, 5.74) is 2.06. The third-order valence-electron chi connectivity index (χ3n) is 6.47. The molecule has 3 aromatic rings. The van der Waals surface area contributed by atoms with Gasteiger partial charge in [0.05, 0.1) is 28.1 Å².